The van der Waals surface area contributed by atoms with Gasteiger partial charge in [0, 0.05) is 18.4 Å². The quantitative estimate of drug-likeness (QED) is 0.0736. The normalized spacial score (nSPS) is 14.9. The lowest BCUT2D eigenvalue weighted by molar-refractivity contribution is -0.185. The molecular formula is C27H51BrO4. The number of alkyl halides is 1. The zero-order valence-corrected chi connectivity index (χ0v) is 22.6. The molecule has 0 aromatic rings. The van der Waals surface area contributed by atoms with Gasteiger partial charge in [-0.15, -0.1) is 0 Å². The summed E-state index contributed by atoms with van der Waals surface area (Å²) in [6.45, 7) is 5.45. The molecule has 5 heteroatoms. The van der Waals surface area contributed by atoms with E-state index in [1.54, 1.807) is 0 Å². The van der Waals surface area contributed by atoms with Gasteiger partial charge in [0.25, 0.3) is 0 Å². The average Bonchev–Trinajstić information content (AvgIpc) is 2.77. The van der Waals surface area contributed by atoms with Crippen LogP contribution in [0.4, 0.5) is 0 Å². The molecule has 1 saturated heterocycles. The summed E-state index contributed by atoms with van der Waals surface area (Å²) in [5.74, 6) is -0.0854. The van der Waals surface area contributed by atoms with Crippen molar-refractivity contribution in [2.45, 2.75) is 122 Å². The molecule has 0 aromatic heterocycles. The van der Waals surface area contributed by atoms with Crippen LogP contribution in [0.3, 0.4) is 0 Å². The summed E-state index contributed by atoms with van der Waals surface area (Å²) in [4.78, 5) is 11.9. The van der Waals surface area contributed by atoms with Crippen molar-refractivity contribution in [1.82, 2.24) is 0 Å². The molecule has 0 radical (unpaired) electrons. The maximum atomic E-state index is 11.9. The third kappa shape index (κ3) is 16.5. The predicted octanol–water partition coefficient (Wildman–Crippen LogP) is 8.00. The highest BCUT2D eigenvalue weighted by Gasteiger charge is 2.40. The Morgan fingerprint density at radius 2 is 1.28 bits per heavy atom. The van der Waals surface area contributed by atoms with Crippen LogP contribution in [0.5, 0.6) is 0 Å². The van der Waals surface area contributed by atoms with Gasteiger partial charge in [-0.25, -0.2) is 0 Å². The van der Waals surface area contributed by atoms with Gasteiger partial charge in [-0.3, -0.25) is 4.79 Å². The Labute approximate surface area is 207 Å². The Hall–Kier alpha value is -0.130. The first-order chi connectivity index (χ1) is 15.7. The Morgan fingerprint density at radius 3 is 1.78 bits per heavy atom. The van der Waals surface area contributed by atoms with Crippen LogP contribution in [0.1, 0.15) is 122 Å². The van der Waals surface area contributed by atoms with Gasteiger partial charge in [-0.05, 0) is 19.3 Å². The Morgan fingerprint density at radius 1 is 0.750 bits per heavy atom. The molecule has 0 saturated carbocycles. The van der Waals surface area contributed by atoms with Gasteiger partial charge in [-0.1, -0.05) is 113 Å². The lowest BCUT2D eigenvalue weighted by Crippen LogP contribution is -2.50. The van der Waals surface area contributed by atoms with Crippen molar-refractivity contribution in [3.63, 3.8) is 0 Å². The molecule has 0 aliphatic carbocycles. The smallest absolute Gasteiger partial charge is 0.305 e. The minimum Gasteiger partial charge on any atom is -0.465 e. The van der Waals surface area contributed by atoms with Gasteiger partial charge in [0.05, 0.1) is 25.2 Å². The SMILES string of the molecule is CCCCCCCCCCCCCCCCOCC1(COC(=O)CCCCCBr)COC1. The van der Waals surface area contributed by atoms with Gasteiger partial charge in [0.1, 0.15) is 6.61 Å². The van der Waals surface area contributed by atoms with Crippen LogP contribution in [-0.4, -0.2) is 44.3 Å². The standard InChI is InChI=1S/C27H51BrO4/c1-2-3-4-5-6-7-8-9-10-11-12-13-14-18-21-30-22-27(23-31-24-27)25-32-26(29)19-16-15-17-20-28/h2-25H2,1H3. The van der Waals surface area contributed by atoms with Gasteiger partial charge in [-0.2, -0.15) is 0 Å². The first kappa shape index (κ1) is 29.9. The van der Waals surface area contributed by atoms with E-state index in [9.17, 15) is 4.79 Å². The number of hydrogen-bond acceptors (Lipinski definition) is 4. The Kier molecular flexibility index (Phi) is 20.0. The van der Waals surface area contributed by atoms with Crippen LogP contribution < -0.4 is 0 Å². The van der Waals surface area contributed by atoms with Crippen molar-refractivity contribution >= 4 is 21.9 Å². The average molecular weight is 520 g/mol. The number of carbonyl (C=O) groups is 1. The van der Waals surface area contributed by atoms with Gasteiger partial charge < -0.3 is 14.2 Å². The first-order valence-corrected chi connectivity index (χ1v) is 14.7. The minimum atomic E-state index is -0.110. The molecule has 1 aliphatic heterocycles. The van der Waals surface area contributed by atoms with E-state index in [0.29, 0.717) is 32.8 Å². The predicted molar refractivity (Wildman–Crippen MR) is 138 cm³/mol. The molecule has 0 bridgehead atoms. The number of esters is 1. The summed E-state index contributed by atoms with van der Waals surface area (Å²) in [7, 11) is 0. The summed E-state index contributed by atoms with van der Waals surface area (Å²) in [5, 5.41) is 0.999. The molecule has 32 heavy (non-hydrogen) atoms. The highest BCUT2D eigenvalue weighted by atomic mass is 79.9. The molecule has 1 rings (SSSR count). The number of ether oxygens (including phenoxy) is 3. The fraction of sp³-hybridized carbons (Fsp3) is 0.963. The van der Waals surface area contributed by atoms with Crippen molar-refractivity contribution < 1.29 is 19.0 Å². The largest absolute Gasteiger partial charge is 0.465 e. The molecule has 0 spiro atoms. The van der Waals surface area contributed by atoms with Gasteiger partial charge in [0.15, 0.2) is 0 Å². The molecule has 0 aromatic carbocycles. The highest BCUT2D eigenvalue weighted by Crippen LogP contribution is 2.28. The Balaban J connectivity index is 1.87. The van der Waals surface area contributed by atoms with Crippen LogP contribution in [0.25, 0.3) is 0 Å². The van der Waals surface area contributed by atoms with E-state index in [1.807, 2.05) is 0 Å². The summed E-state index contributed by atoms with van der Waals surface area (Å²) < 4.78 is 16.8. The summed E-state index contributed by atoms with van der Waals surface area (Å²) in [5.41, 5.74) is -0.110. The maximum absolute atomic E-state index is 11.9. The van der Waals surface area contributed by atoms with Crippen LogP contribution in [0.2, 0.25) is 0 Å². The molecule has 4 nitrogen and oxygen atoms in total. The monoisotopic (exact) mass is 518 g/mol. The third-order valence-corrected chi connectivity index (χ3v) is 6.98. The van der Waals surface area contributed by atoms with E-state index in [4.69, 9.17) is 14.2 Å². The van der Waals surface area contributed by atoms with Crippen LogP contribution in [-0.2, 0) is 19.0 Å². The molecule has 1 heterocycles. The topological polar surface area (TPSA) is 44.8 Å². The van der Waals surface area contributed by atoms with Gasteiger partial charge in [0.2, 0.25) is 0 Å². The van der Waals surface area contributed by atoms with Crippen molar-refractivity contribution in [3.05, 3.63) is 0 Å². The number of hydrogen-bond donors (Lipinski definition) is 0. The molecule has 0 atom stereocenters. The lowest BCUT2D eigenvalue weighted by Gasteiger charge is -2.40. The minimum absolute atomic E-state index is 0.0854. The van der Waals surface area contributed by atoms with Crippen molar-refractivity contribution in [3.8, 4) is 0 Å². The van der Waals surface area contributed by atoms with E-state index in [2.05, 4.69) is 22.9 Å². The number of unbranched alkanes of at least 4 members (excludes halogenated alkanes) is 15. The summed E-state index contributed by atoms with van der Waals surface area (Å²) in [6.07, 6.45) is 22.8. The highest BCUT2D eigenvalue weighted by molar-refractivity contribution is 9.09. The number of halogens is 1. The van der Waals surface area contributed by atoms with Crippen LogP contribution in [0, 0.1) is 5.41 Å². The van der Waals surface area contributed by atoms with E-state index in [-0.39, 0.29) is 11.4 Å². The molecular weight excluding hydrogens is 468 g/mol. The number of rotatable bonds is 24. The zero-order valence-electron chi connectivity index (χ0n) is 21.0. The first-order valence-electron chi connectivity index (χ1n) is 13.6. The molecule has 1 fully saturated rings. The molecule has 0 N–H and O–H groups in total. The second kappa shape index (κ2) is 21.4. The number of carbonyl (C=O) groups excluding carboxylic acids is 1. The van der Waals surface area contributed by atoms with Crippen LogP contribution >= 0.6 is 15.9 Å². The van der Waals surface area contributed by atoms with Crippen LogP contribution in [0.15, 0.2) is 0 Å². The third-order valence-electron chi connectivity index (χ3n) is 6.42. The second-order valence-corrected chi connectivity index (χ2v) is 10.6. The summed E-state index contributed by atoms with van der Waals surface area (Å²) in [6, 6.07) is 0. The molecule has 190 valence electrons. The molecule has 0 unspecified atom stereocenters. The Bertz CT molecular complexity index is 426. The fourth-order valence-electron chi connectivity index (χ4n) is 4.13. The zero-order chi connectivity index (χ0) is 23.2. The van der Waals surface area contributed by atoms with E-state index in [0.717, 1.165) is 37.6 Å². The second-order valence-electron chi connectivity index (χ2n) is 9.80. The summed E-state index contributed by atoms with van der Waals surface area (Å²) >= 11 is 3.41. The van der Waals surface area contributed by atoms with Gasteiger partial charge >= 0.3 is 5.97 Å². The van der Waals surface area contributed by atoms with E-state index >= 15 is 0 Å². The van der Waals surface area contributed by atoms with E-state index < -0.39 is 0 Å². The lowest BCUT2D eigenvalue weighted by atomic mass is 9.88. The van der Waals surface area contributed by atoms with Crippen molar-refractivity contribution in [2.24, 2.45) is 5.41 Å². The van der Waals surface area contributed by atoms with Crippen molar-refractivity contribution in [1.29, 1.82) is 0 Å². The van der Waals surface area contributed by atoms with E-state index in [1.165, 1.54) is 83.5 Å². The fourth-order valence-corrected chi connectivity index (χ4v) is 4.53. The van der Waals surface area contributed by atoms with Crippen molar-refractivity contribution in [2.75, 3.05) is 38.4 Å². The molecule has 0 amide bonds. The maximum Gasteiger partial charge on any atom is 0.305 e. The molecule has 1 aliphatic rings.